The van der Waals surface area contributed by atoms with Gasteiger partial charge in [0, 0.05) is 55.4 Å². The van der Waals surface area contributed by atoms with Crippen LogP contribution in [0, 0.1) is 11.3 Å². The zero-order chi connectivity index (χ0) is 26.3. The standard InChI is InChI=1S/C31H41N7O/c1-36-15-4-8-25(36)20-39-31-34-27-19-37(28-9-3-7-21-5-2-6-22(12-14-32)29(21)28)16-13-26(27)30(35-31)38-17-23-10-11-24(18-38)33-23/h3,7,9,22-25,33H,2,4-6,8,10-13,15-20H2,1H3/t22?,23-,24+,25?. The number of aromatic nitrogens is 2. The molecule has 4 aliphatic heterocycles. The number of nitrogens with zero attached hydrogens (tertiary/aromatic N) is 6. The zero-order valence-electron chi connectivity index (χ0n) is 23.2. The van der Waals surface area contributed by atoms with Gasteiger partial charge in [0.2, 0.25) is 0 Å². The van der Waals surface area contributed by atoms with Gasteiger partial charge in [0.1, 0.15) is 12.4 Å². The lowest BCUT2D eigenvalue weighted by molar-refractivity contribution is 0.187. The maximum Gasteiger partial charge on any atom is 0.318 e. The van der Waals surface area contributed by atoms with Gasteiger partial charge in [-0.05, 0) is 88.1 Å². The number of likely N-dealkylation sites (N-methyl/N-ethyl adjacent to an activating group) is 1. The van der Waals surface area contributed by atoms with Crippen LogP contribution in [0.4, 0.5) is 11.5 Å². The van der Waals surface area contributed by atoms with E-state index < -0.39 is 0 Å². The molecule has 2 bridgehead atoms. The number of nitriles is 1. The Morgan fingerprint density at radius 1 is 1.03 bits per heavy atom. The lowest BCUT2D eigenvalue weighted by Crippen LogP contribution is -2.52. The zero-order valence-corrected chi connectivity index (χ0v) is 23.2. The minimum Gasteiger partial charge on any atom is -0.462 e. The third-order valence-electron chi connectivity index (χ3n) is 9.87. The molecule has 8 heteroatoms. The molecule has 2 unspecified atom stereocenters. The summed E-state index contributed by atoms with van der Waals surface area (Å²) in [6.07, 6.45) is 9.83. The maximum absolute atomic E-state index is 9.54. The highest BCUT2D eigenvalue weighted by molar-refractivity contribution is 5.62. The number of hydrogen-bond acceptors (Lipinski definition) is 8. The molecule has 0 saturated carbocycles. The van der Waals surface area contributed by atoms with Crippen molar-refractivity contribution in [2.24, 2.45) is 0 Å². The fourth-order valence-corrected chi connectivity index (χ4v) is 7.81. The molecule has 1 aromatic carbocycles. The largest absolute Gasteiger partial charge is 0.462 e. The molecular weight excluding hydrogens is 486 g/mol. The number of aryl methyl sites for hydroxylation is 1. The second kappa shape index (κ2) is 10.6. The van der Waals surface area contributed by atoms with E-state index in [1.165, 1.54) is 54.5 Å². The van der Waals surface area contributed by atoms with E-state index in [0.29, 0.717) is 43.1 Å². The number of ether oxygens (including phenoxy) is 1. The molecule has 206 valence electrons. The Morgan fingerprint density at radius 2 is 1.90 bits per heavy atom. The normalized spacial score (nSPS) is 28.2. The van der Waals surface area contributed by atoms with E-state index in [2.05, 4.69) is 51.3 Å². The van der Waals surface area contributed by atoms with Gasteiger partial charge >= 0.3 is 6.01 Å². The molecule has 0 amide bonds. The third kappa shape index (κ3) is 4.85. The van der Waals surface area contributed by atoms with E-state index in [4.69, 9.17) is 14.7 Å². The number of piperazine rings is 1. The van der Waals surface area contributed by atoms with Crippen molar-refractivity contribution in [1.82, 2.24) is 20.2 Å². The monoisotopic (exact) mass is 527 g/mol. The van der Waals surface area contributed by atoms with Gasteiger partial charge in [0.25, 0.3) is 0 Å². The first-order chi connectivity index (χ1) is 19.2. The molecular formula is C31H41N7O. The van der Waals surface area contributed by atoms with Crippen molar-refractivity contribution in [3.05, 3.63) is 40.6 Å². The third-order valence-corrected chi connectivity index (χ3v) is 9.87. The topological polar surface area (TPSA) is 80.6 Å². The first kappa shape index (κ1) is 25.1. The van der Waals surface area contributed by atoms with Crippen molar-refractivity contribution < 1.29 is 4.74 Å². The van der Waals surface area contributed by atoms with Crippen LogP contribution in [0.3, 0.4) is 0 Å². The van der Waals surface area contributed by atoms with Crippen LogP contribution in [0.5, 0.6) is 6.01 Å². The molecule has 3 fully saturated rings. The molecule has 1 aromatic heterocycles. The van der Waals surface area contributed by atoms with Gasteiger partial charge in [-0.3, -0.25) is 0 Å². The van der Waals surface area contributed by atoms with Crippen molar-refractivity contribution in [2.45, 2.75) is 88.4 Å². The number of nitrogens with one attached hydrogen (secondary N) is 1. The molecule has 1 aliphatic carbocycles. The van der Waals surface area contributed by atoms with Crippen LogP contribution in [-0.4, -0.2) is 72.8 Å². The molecule has 5 heterocycles. The summed E-state index contributed by atoms with van der Waals surface area (Å²) in [6.45, 7) is 5.52. The van der Waals surface area contributed by atoms with Gasteiger partial charge in [-0.1, -0.05) is 12.1 Å². The van der Waals surface area contributed by atoms with E-state index in [1.807, 2.05) is 0 Å². The van der Waals surface area contributed by atoms with Crippen LogP contribution in [0.1, 0.15) is 73.2 Å². The summed E-state index contributed by atoms with van der Waals surface area (Å²) in [5.74, 6) is 1.43. The van der Waals surface area contributed by atoms with Gasteiger partial charge < -0.3 is 24.8 Å². The molecule has 7 rings (SSSR count). The fourth-order valence-electron chi connectivity index (χ4n) is 7.81. The summed E-state index contributed by atoms with van der Waals surface area (Å²) in [7, 11) is 2.19. The summed E-state index contributed by atoms with van der Waals surface area (Å²) in [5, 5.41) is 13.3. The van der Waals surface area contributed by atoms with Gasteiger partial charge in [0.15, 0.2) is 0 Å². The van der Waals surface area contributed by atoms with E-state index >= 15 is 0 Å². The van der Waals surface area contributed by atoms with Crippen molar-refractivity contribution in [1.29, 1.82) is 5.26 Å². The average molecular weight is 528 g/mol. The molecule has 0 spiro atoms. The predicted molar refractivity (Wildman–Crippen MR) is 152 cm³/mol. The van der Waals surface area contributed by atoms with Crippen molar-refractivity contribution >= 4 is 11.5 Å². The minimum absolute atomic E-state index is 0.330. The lowest BCUT2D eigenvalue weighted by atomic mass is 9.80. The maximum atomic E-state index is 9.54. The van der Waals surface area contributed by atoms with E-state index in [0.717, 1.165) is 63.5 Å². The average Bonchev–Trinajstić information content (AvgIpc) is 3.53. The van der Waals surface area contributed by atoms with Crippen LogP contribution < -0.4 is 19.9 Å². The Bertz CT molecular complexity index is 1250. The summed E-state index contributed by atoms with van der Waals surface area (Å²) in [4.78, 5) is 17.6. The molecule has 4 atom stereocenters. The smallest absolute Gasteiger partial charge is 0.318 e. The summed E-state index contributed by atoms with van der Waals surface area (Å²) in [5.41, 5.74) is 6.54. The molecule has 5 aliphatic rings. The van der Waals surface area contributed by atoms with E-state index in [9.17, 15) is 5.26 Å². The summed E-state index contributed by atoms with van der Waals surface area (Å²) in [6, 6.07) is 11.3. The Labute approximate surface area is 232 Å². The van der Waals surface area contributed by atoms with Crippen molar-refractivity contribution in [3.63, 3.8) is 0 Å². The number of benzene rings is 1. The quantitative estimate of drug-likeness (QED) is 0.608. The van der Waals surface area contributed by atoms with Crippen LogP contribution in [0.25, 0.3) is 0 Å². The Balaban J connectivity index is 1.21. The van der Waals surface area contributed by atoms with Crippen LogP contribution in [-0.2, 0) is 19.4 Å². The summed E-state index contributed by atoms with van der Waals surface area (Å²) < 4.78 is 6.35. The fraction of sp³-hybridized carbons (Fsp3) is 0.645. The summed E-state index contributed by atoms with van der Waals surface area (Å²) >= 11 is 0. The van der Waals surface area contributed by atoms with Gasteiger partial charge in [-0.25, -0.2) is 0 Å². The molecule has 3 saturated heterocycles. The van der Waals surface area contributed by atoms with Crippen LogP contribution >= 0.6 is 0 Å². The van der Waals surface area contributed by atoms with Crippen LogP contribution in [0.2, 0.25) is 0 Å². The van der Waals surface area contributed by atoms with Gasteiger partial charge in [0.05, 0.1) is 18.3 Å². The Morgan fingerprint density at radius 3 is 2.69 bits per heavy atom. The number of fused-ring (bicyclic) bond motifs is 4. The second-order valence-electron chi connectivity index (χ2n) is 12.4. The molecule has 0 radical (unpaired) electrons. The molecule has 39 heavy (non-hydrogen) atoms. The number of likely N-dealkylation sites (tertiary alicyclic amines) is 1. The van der Waals surface area contributed by atoms with E-state index in [1.54, 1.807) is 0 Å². The Kier molecular flexibility index (Phi) is 6.82. The van der Waals surface area contributed by atoms with Crippen molar-refractivity contribution in [2.75, 3.05) is 49.6 Å². The van der Waals surface area contributed by atoms with Gasteiger partial charge in [-0.15, -0.1) is 0 Å². The molecule has 2 aromatic rings. The first-order valence-electron chi connectivity index (χ1n) is 15.1. The predicted octanol–water partition coefficient (Wildman–Crippen LogP) is 3.79. The molecule has 8 nitrogen and oxygen atoms in total. The minimum atomic E-state index is 0.330. The number of rotatable bonds is 6. The highest BCUT2D eigenvalue weighted by atomic mass is 16.5. The highest BCUT2D eigenvalue weighted by Gasteiger charge is 2.36. The lowest BCUT2D eigenvalue weighted by Gasteiger charge is -2.38. The SMILES string of the molecule is CN1CCCC1COc1nc2c(c(N3C[C@H]4CC[C@@H](C3)N4)n1)CCN(c1cccc3c1C(CC#N)CCC3)C2. The number of hydrogen-bond donors (Lipinski definition) is 1. The second-order valence-corrected chi connectivity index (χ2v) is 12.4. The highest BCUT2D eigenvalue weighted by Crippen LogP contribution is 2.42. The van der Waals surface area contributed by atoms with Gasteiger partial charge in [-0.2, -0.15) is 15.2 Å². The molecule has 1 N–H and O–H groups in total. The Hall–Kier alpha value is -2.89. The van der Waals surface area contributed by atoms with E-state index in [-0.39, 0.29) is 0 Å². The number of anilines is 2. The van der Waals surface area contributed by atoms with Crippen molar-refractivity contribution in [3.8, 4) is 12.1 Å². The first-order valence-corrected chi connectivity index (χ1v) is 15.1. The van der Waals surface area contributed by atoms with Crippen LogP contribution in [0.15, 0.2) is 18.2 Å².